The molecule has 0 fully saturated rings. The molecule has 2 rings (SSSR count). The summed E-state index contributed by atoms with van der Waals surface area (Å²) in [7, 11) is 0. The molecule has 0 spiro atoms. The van der Waals surface area contributed by atoms with Crippen LogP contribution in [0.1, 0.15) is 13.8 Å². The average Bonchev–Trinajstić information content (AvgIpc) is 2.56. The zero-order chi connectivity index (χ0) is 17.1. The Balaban J connectivity index is 0.000000463. The van der Waals surface area contributed by atoms with Gasteiger partial charge in [-0.3, -0.25) is 0 Å². The zero-order valence-corrected chi connectivity index (χ0v) is 13.7. The molecule has 0 radical (unpaired) electrons. The van der Waals surface area contributed by atoms with E-state index < -0.39 is 0 Å². The van der Waals surface area contributed by atoms with E-state index in [1.54, 1.807) is 24.3 Å². The van der Waals surface area contributed by atoms with E-state index in [9.17, 15) is 10.2 Å². The number of hydrogen-bond acceptors (Lipinski definition) is 4. The molecule has 2 aromatic carbocycles. The predicted molar refractivity (Wildman–Crippen MR) is 96.1 cm³/mol. The Hall–Kier alpha value is -2.46. The van der Waals surface area contributed by atoms with Gasteiger partial charge in [-0.1, -0.05) is 24.3 Å². The average molecular weight is 315 g/mol. The standard InChI is InChI=1S/C15H15NO2.C4H10O/c1-2-9-16-14-10-12(5-8-15(14)18)11-3-6-13(17)7-4-11;1-3-5-4-2/h2-8,10,16-18H,1,9H2;3-4H2,1-2H3. The maximum atomic E-state index is 9.72. The van der Waals surface area contributed by atoms with E-state index in [1.807, 2.05) is 38.1 Å². The Kier molecular flexibility index (Phi) is 8.32. The van der Waals surface area contributed by atoms with Crippen LogP contribution in [-0.4, -0.2) is 30.0 Å². The molecule has 4 heteroatoms. The topological polar surface area (TPSA) is 61.7 Å². The first-order chi connectivity index (χ1) is 11.1. The van der Waals surface area contributed by atoms with E-state index in [-0.39, 0.29) is 11.5 Å². The van der Waals surface area contributed by atoms with Gasteiger partial charge in [-0.25, -0.2) is 0 Å². The van der Waals surface area contributed by atoms with Crippen LogP contribution in [0.25, 0.3) is 11.1 Å². The molecule has 4 nitrogen and oxygen atoms in total. The molecule has 0 aliphatic heterocycles. The Morgan fingerprint density at radius 3 is 2.13 bits per heavy atom. The molecule has 2 aromatic rings. The van der Waals surface area contributed by atoms with E-state index in [0.29, 0.717) is 12.2 Å². The molecule has 0 aliphatic carbocycles. The summed E-state index contributed by atoms with van der Waals surface area (Å²) in [5.74, 6) is 0.446. The van der Waals surface area contributed by atoms with Gasteiger partial charge >= 0.3 is 0 Å². The normalized spacial score (nSPS) is 9.65. The van der Waals surface area contributed by atoms with Gasteiger partial charge in [-0.2, -0.15) is 0 Å². The summed E-state index contributed by atoms with van der Waals surface area (Å²) in [5, 5.41) is 22.0. The van der Waals surface area contributed by atoms with Gasteiger partial charge in [0, 0.05) is 19.8 Å². The maximum Gasteiger partial charge on any atom is 0.138 e. The smallest absolute Gasteiger partial charge is 0.138 e. The molecule has 0 aliphatic rings. The van der Waals surface area contributed by atoms with Gasteiger partial charge in [-0.15, -0.1) is 6.58 Å². The van der Waals surface area contributed by atoms with Crippen molar-refractivity contribution in [2.45, 2.75) is 13.8 Å². The molecule has 0 heterocycles. The number of ether oxygens (including phenoxy) is 1. The minimum atomic E-state index is 0.208. The number of phenols is 2. The molecule has 0 saturated carbocycles. The van der Waals surface area contributed by atoms with E-state index in [0.717, 1.165) is 24.3 Å². The second-order valence-corrected chi connectivity index (χ2v) is 4.73. The van der Waals surface area contributed by atoms with Crippen LogP contribution in [0.4, 0.5) is 5.69 Å². The van der Waals surface area contributed by atoms with Gasteiger partial charge < -0.3 is 20.3 Å². The Morgan fingerprint density at radius 2 is 1.61 bits per heavy atom. The van der Waals surface area contributed by atoms with Crippen LogP contribution in [0.3, 0.4) is 0 Å². The number of aromatic hydroxyl groups is 2. The first kappa shape index (κ1) is 18.6. The number of rotatable bonds is 6. The third-order valence-corrected chi connectivity index (χ3v) is 3.04. The van der Waals surface area contributed by atoms with E-state index in [2.05, 4.69) is 11.9 Å². The second kappa shape index (κ2) is 10.3. The van der Waals surface area contributed by atoms with Crippen molar-refractivity contribution in [3.8, 4) is 22.6 Å². The first-order valence-electron chi connectivity index (χ1n) is 7.67. The molecular weight excluding hydrogens is 290 g/mol. The third kappa shape index (κ3) is 6.45. The Morgan fingerprint density at radius 1 is 1.00 bits per heavy atom. The first-order valence-corrected chi connectivity index (χ1v) is 7.67. The largest absolute Gasteiger partial charge is 0.508 e. The molecule has 124 valence electrons. The summed E-state index contributed by atoms with van der Waals surface area (Å²) in [5.41, 5.74) is 2.62. The summed E-state index contributed by atoms with van der Waals surface area (Å²) >= 11 is 0. The number of hydrogen-bond donors (Lipinski definition) is 3. The highest BCUT2D eigenvalue weighted by atomic mass is 16.5. The van der Waals surface area contributed by atoms with Crippen LogP contribution >= 0.6 is 0 Å². The Labute approximate surface area is 138 Å². The molecule has 0 bridgehead atoms. The number of phenolic OH excluding ortho intramolecular Hbond substituents is 2. The minimum absolute atomic E-state index is 0.208. The van der Waals surface area contributed by atoms with Crippen molar-refractivity contribution < 1.29 is 14.9 Å². The van der Waals surface area contributed by atoms with Crippen LogP contribution < -0.4 is 5.32 Å². The summed E-state index contributed by atoms with van der Waals surface area (Å²) in [6.45, 7) is 9.88. The van der Waals surface area contributed by atoms with E-state index in [4.69, 9.17) is 4.74 Å². The van der Waals surface area contributed by atoms with Gasteiger partial charge in [0.25, 0.3) is 0 Å². The van der Waals surface area contributed by atoms with Gasteiger partial charge in [0.05, 0.1) is 5.69 Å². The van der Waals surface area contributed by atoms with Crippen molar-refractivity contribution in [3.63, 3.8) is 0 Å². The lowest BCUT2D eigenvalue weighted by atomic mass is 10.0. The molecule has 23 heavy (non-hydrogen) atoms. The summed E-state index contributed by atoms with van der Waals surface area (Å²) in [4.78, 5) is 0. The minimum Gasteiger partial charge on any atom is -0.508 e. The van der Waals surface area contributed by atoms with Crippen LogP contribution in [-0.2, 0) is 4.74 Å². The molecule has 3 N–H and O–H groups in total. The van der Waals surface area contributed by atoms with Crippen LogP contribution in [0.15, 0.2) is 55.1 Å². The molecule has 0 atom stereocenters. The Bertz CT molecular complexity index is 592. The van der Waals surface area contributed by atoms with Gasteiger partial charge in [0.1, 0.15) is 11.5 Å². The van der Waals surface area contributed by atoms with Crippen molar-refractivity contribution >= 4 is 5.69 Å². The summed E-state index contributed by atoms with van der Waals surface area (Å²) in [6, 6.07) is 12.3. The highest BCUT2D eigenvalue weighted by Gasteiger charge is 2.03. The van der Waals surface area contributed by atoms with Crippen LogP contribution in [0.2, 0.25) is 0 Å². The molecular formula is C19H25NO3. The summed E-state index contributed by atoms with van der Waals surface area (Å²) in [6.07, 6.45) is 1.73. The van der Waals surface area contributed by atoms with Crippen LogP contribution in [0.5, 0.6) is 11.5 Å². The fraction of sp³-hybridized carbons (Fsp3) is 0.263. The number of benzene rings is 2. The maximum absolute atomic E-state index is 9.72. The van der Waals surface area contributed by atoms with Gasteiger partial charge in [-0.05, 0) is 49.2 Å². The lowest BCUT2D eigenvalue weighted by Gasteiger charge is -2.09. The highest BCUT2D eigenvalue weighted by molar-refractivity contribution is 5.72. The fourth-order valence-electron chi connectivity index (χ4n) is 1.90. The second-order valence-electron chi connectivity index (χ2n) is 4.73. The van der Waals surface area contributed by atoms with Crippen molar-refractivity contribution in [1.82, 2.24) is 0 Å². The molecule has 0 amide bonds. The van der Waals surface area contributed by atoms with Crippen molar-refractivity contribution in [1.29, 1.82) is 0 Å². The van der Waals surface area contributed by atoms with Crippen LogP contribution in [0, 0.1) is 0 Å². The quantitative estimate of drug-likeness (QED) is 0.546. The van der Waals surface area contributed by atoms with Crippen molar-refractivity contribution in [3.05, 3.63) is 55.1 Å². The third-order valence-electron chi connectivity index (χ3n) is 3.04. The monoisotopic (exact) mass is 315 g/mol. The van der Waals surface area contributed by atoms with E-state index in [1.165, 1.54) is 0 Å². The molecule has 0 unspecified atom stereocenters. The highest BCUT2D eigenvalue weighted by Crippen LogP contribution is 2.30. The lowest BCUT2D eigenvalue weighted by molar-refractivity contribution is 0.162. The molecule has 0 saturated heterocycles. The van der Waals surface area contributed by atoms with Crippen molar-refractivity contribution in [2.75, 3.05) is 25.1 Å². The number of anilines is 1. The number of nitrogens with one attached hydrogen (secondary N) is 1. The van der Waals surface area contributed by atoms with Crippen molar-refractivity contribution in [2.24, 2.45) is 0 Å². The summed E-state index contributed by atoms with van der Waals surface area (Å²) < 4.78 is 4.83. The fourth-order valence-corrected chi connectivity index (χ4v) is 1.90. The van der Waals surface area contributed by atoms with E-state index >= 15 is 0 Å². The van der Waals surface area contributed by atoms with Gasteiger partial charge in [0.2, 0.25) is 0 Å². The SMILES string of the molecule is C=CCNc1cc(-c2ccc(O)cc2)ccc1O.CCOCC. The lowest BCUT2D eigenvalue weighted by Crippen LogP contribution is -1.98. The van der Waals surface area contributed by atoms with Gasteiger partial charge in [0.15, 0.2) is 0 Å². The predicted octanol–water partition coefficient (Wildman–Crippen LogP) is 4.41. The molecule has 0 aromatic heterocycles. The zero-order valence-electron chi connectivity index (χ0n) is 13.7.